The molecule has 5 nitrogen and oxygen atoms in total. The van der Waals surface area contributed by atoms with E-state index in [9.17, 15) is 9.59 Å². The van der Waals surface area contributed by atoms with Gasteiger partial charge < -0.3 is 15.1 Å². The van der Waals surface area contributed by atoms with Crippen LogP contribution in [-0.2, 0) is 0 Å². The van der Waals surface area contributed by atoms with E-state index in [2.05, 4.69) is 4.90 Å². The predicted molar refractivity (Wildman–Crippen MR) is 78.1 cm³/mol. The van der Waals surface area contributed by atoms with E-state index in [0.717, 1.165) is 13.1 Å². The molecule has 2 N–H and O–H groups in total. The second-order valence-electron chi connectivity index (χ2n) is 6.30. The smallest absolute Gasteiger partial charge is 0.335 e. The molecular formula is C16H19NO4. The molecule has 3 rings (SSSR count). The van der Waals surface area contributed by atoms with Gasteiger partial charge in [0.25, 0.3) is 0 Å². The van der Waals surface area contributed by atoms with Crippen LogP contribution in [0.3, 0.4) is 0 Å². The first-order chi connectivity index (χ1) is 9.99. The van der Waals surface area contributed by atoms with Crippen LogP contribution in [-0.4, -0.2) is 35.2 Å². The fraction of sp³-hybridized carbons (Fsp3) is 0.500. The fourth-order valence-electron chi connectivity index (χ4n) is 3.60. The third-order valence-corrected chi connectivity index (χ3v) is 4.74. The maximum absolute atomic E-state index is 11.1. The Morgan fingerprint density at radius 2 is 1.43 bits per heavy atom. The van der Waals surface area contributed by atoms with Gasteiger partial charge in [-0.1, -0.05) is 19.3 Å². The van der Waals surface area contributed by atoms with Crippen LogP contribution in [0.25, 0.3) is 0 Å². The second-order valence-corrected chi connectivity index (χ2v) is 6.30. The number of nitrogens with zero attached hydrogens (tertiary/aromatic N) is 1. The van der Waals surface area contributed by atoms with Gasteiger partial charge in [0, 0.05) is 24.2 Å². The Balaban J connectivity index is 1.82. The molecule has 5 heteroatoms. The van der Waals surface area contributed by atoms with Gasteiger partial charge in [0.1, 0.15) is 0 Å². The minimum Gasteiger partial charge on any atom is -0.478 e. The first-order valence-corrected chi connectivity index (χ1v) is 7.36. The number of carbonyl (C=O) groups is 2. The van der Waals surface area contributed by atoms with E-state index < -0.39 is 11.9 Å². The van der Waals surface area contributed by atoms with E-state index >= 15 is 0 Å². The Morgan fingerprint density at radius 1 is 0.905 bits per heavy atom. The topological polar surface area (TPSA) is 77.8 Å². The molecule has 112 valence electrons. The third kappa shape index (κ3) is 2.60. The summed E-state index contributed by atoms with van der Waals surface area (Å²) in [6, 6.07) is 4.36. The summed E-state index contributed by atoms with van der Waals surface area (Å²) in [4.78, 5) is 24.4. The summed E-state index contributed by atoms with van der Waals surface area (Å²) >= 11 is 0. The first-order valence-electron chi connectivity index (χ1n) is 7.36. The van der Waals surface area contributed by atoms with Gasteiger partial charge in [-0.15, -0.1) is 0 Å². The standard InChI is InChI=1S/C16H19NO4/c18-14(19)11-6-12(15(20)21)8-13(7-11)17-9-16(10-17)4-2-1-3-5-16/h6-8H,1-5,9-10H2,(H,18,19)(H,20,21). The quantitative estimate of drug-likeness (QED) is 0.894. The van der Waals surface area contributed by atoms with Crippen LogP contribution in [0.15, 0.2) is 18.2 Å². The molecule has 1 aromatic rings. The lowest BCUT2D eigenvalue weighted by Crippen LogP contribution is -2.57. The van der Waals surface area contributed by atoms with E-state index in [-0.39, 0.29) is 11.1 Å². The molecule has 1 aliphatic heterocycles. The Morgan fingerprint density at radius 3 is 1.90 bits per heavy atom. The number of rotatable bonds is 3. The van der Waals surface area contributed by atoms with Crippen molar-refractivity contribution in [2.24, 2.45) is 5.41 Å². The molecule has 2 aliphatic rings. The van der Waals surface area contributed by atoms with Crippen LogP contribution < -0.4 is 4.90 Å². The Labute approximate surface area is 123 Å². The van der Waals surface area contributed by atoms with Crippen molar-refractivity contribution in [2.75, 3.05) is 18.0 Å². The normalized spacial score (nSPS) is 20.1. The maximum Gasteiger partial charge on any atom is 0.335 e. The van der Waals surface area contributed by atoms with E-state index in [1.807, 2.05) is 0 Å². The molecule has 0 unspecified atom stereocenters. The van der Waals surface area contributed by atoms with Gasteiger partial charge >= 0.3 is 11.9 Å². The average Bonchev–Trinajstić information content (AvgIpc) is 2.45. The number of carboxylic acids is 2. The lowest BCUT2D eigenvalue weighted by Gasteiger charge is -2.53. The Hall–Kier alpha value is -2.04. The number of aromatic carboxylic acids is 2. The zero-order chi connectivity index (χ0) is 15.0. The van der Waals surface area contributed by atoms with Crippen LogP contribution >= 0.6 is 0 Å². The lowest BCUT2D eigenvalue weighted by atomic mass is 9.68. The van der Waals surface area contributed by atoms with Crippen LogP contribution in [0.2, 0.25) is 0 Å². The summed E-state index contributed by atoms with van der Waals surface area (Å²) in [5.41, 5.74) is 1.16. The number of hydrogen-bond donors (Lipinski definition) is 2. The van der Waals surface area contributed by atoms with E-state index in [0.29, 0.717) is 11.1 Å². The number of hydrogen-bond acceptors (Lipinski definition) is 3. The summed E-state index contributed by atoms with van der Waals surface area (Å²) in [5, 5.41) is 18.2. The highest BCUT2D eigenvalue weighted by Gasteiger charge is 2.43. The van der Waals surface area contributed by atoms with Gasteiger partial charge in [0.15, 0.2) is 0 Å². The molecule has 1 aromatic carbocycles. The Bertz CT molecular complexity index is 550. The molecule has 0 radical (unpaired) electrons. The highest BCUT2D eigenvalue weighted by atomic mass is 16.4. The highest BCUT2D eigenvalue weighted by molar-refractivity contribution is 5.95. The largest absolute Gasteiger partial charge is 0.478 e. The van der Waals surface area contributed by atoms with Crippen molar-refractivity contribution >= 4 is 17.6 Å². The molecular weight excluding hydrogens is 270 g/mol. The molecule has 0 amide bonds. The monoisotopic (exact) mass is 289 g/mol. The van der Waals surface area contributed by atoms with Gasteiger partial charge in [-0.05, 0) is 31.0 Å². The molecule has 1 saturated carbocycles. The summed E-state index contributed by atoms with van der Waals surface area (Å²) < 4.78 is 0. The van der Waals surface area contributed by atoms with E-state index in [1.165, 1.54) is 38.2 Å². The summed E-state index contributed by atoms with van der Waals surface area (Å²) in [7, 11) is 0. The molecule has 21 heavy (non-hydrogen) atoms. The van der Waals surface area contributed by atoms with E-state index in [1.54, 1.807) is 12.1 Å². The van der Waals surface area contributed by atoms with Crippen LogP contribution in [0.5, 0.6) is 0 Å². The molecule has 1 spiro atoms. The Kier molecular flexibility index (Phi) is 3.35. The van der Waals surface area contributed by atoms with E-state index in [4.69, 9.17) is 10.2 Å². The molecule has 0 atom stereocenters. The minimum absolute atomic E-state index is 0.0366. The average molecular weight is 289 g/mol. The van der Waals surface area contributed by atoms with Gasteiger partial charge in [0.05, 0.1) is 11.1 Å². The molecule has 1 heterocycles. The zero-order valence-electron chi connectivity index (χ0n) is 11.8. The number of benzene rings is 1. The highest BCUT2D eigenvalue weighted by Crippen LogP contribution is 2.45. The SMILES string of the molecule is O=C(O)c1cc(C(=O)O)cc(N2CC3(CCCCC3)C2)c1. The third-order valence-electron chi connectivity index (χ3n) is 4.74. The van der Waals surface area contributed by atoms with Crippen molar-refractivity contribution in [3.63, 3.8) is 0 Å². The van der Waals surface area contributed by atoms with Gasteiger partial charge in [-0.3, -0.25) is 0 Å². The fourth-order valence-corrected chi connectivity index (χ4v) is 3.60. The summed E-state index contributed by atoms with van der Waals surface area (Å²) in [5.74, 6) is -2.18. The molecule has 1 aliphatic carbocycles. The lowest BCUT2D eigenvalue weighted by molar-refractivity contribution is 0.0696. The van der Waals surface area contributed by atoms with Crippen molar-refractivity contribution in [1.29, 1.82) is 0 Å². The number of anilines is 1. The van der Waals surface area contributed by atoms with Crippen molar-refractivity contribution in [3.8, 4) is 0 Å². The van der Waals surface area contributed by atoms with Gasteiger partial charge in [-0.25, -0.2) is 9.59 Å². The van der Waals surface area contributed by atoms with Crippen LogP contribution in [0, 0.1) is 5.41 Å². The minimum atomic E-state index is -1.09. The summed E-state index contributed by atoms with van der Waals surface area (Å²) in [6.45, 7) is 1.82. The molecule has 2 fully saturated rings. The summed E-state index contributed by atoms with van der Waals surface area (Å²) in [6.07, 6.45) is 6.30. The van der Waals surface area contributed by atoms with Crippen molar-refractivity contribution < 1.29 is 19.8 Å². The molecule has 0 aromatic heterocycles. The number of carboxylic acid groups (broad SMARTS) is 2. The second kappa shape index (κ2) is 5.06. The zero-order valence-corrected chi connectivity index (χ0v) is 11.8. The van der Waals surface area contributed by atoms with Crippen molar-refractivity contribution in [2.45, 2.75) is 32.1 Å². The molecule has 1 saturated heterocycles. The molecule has 0 bridgehead atoms. The van der Waals surface area contributed by atoms with Crippen LogP contribution in [0.4, 0.5) is 5.69 Å². The maximum atomic E-state index is 11.1. The van der Waals surface area contributed by atoms with Gasteiger partial charge in [0.2, 0.25) is 0 Å². The van der Waals surface area contributed by atoms with Crippen molar-refractivity contribution in [1.82, 2.24) is 0 Å². The van der Waals surface area contributed by atoms with Crippen LogP contribution in [0.1, 0.15) is 52.8 Å². The van der Waals surface area contributed by atoms with Gasteiger partial charge in [-0.2, -0.15) is 0 Å². The predicted octanol–water partition coefficient (Wildman–Crippen LogP) is 2.85. The van der Waals surface area contributed by atoms with Crippen molar-refractivity contribution in [3.05, 3.63) is 29.3 Å². The first kappa shape index (κ1) is 13.9.